The van der Waals surface area contributed by atoms with Gasteiger partial charge in [-0.2, -0.15) is 0 Å². The van der Waals surface area contributed by atoms with Crippen molar-refractivity contribution in [2.45, 2.75) is 25.8 Å². The predicted octanol–water partition coefficient (Wildman–Crippen LogP) is 0.223. The van der Waals surface area contributed by atoms with E-state index in [1.54, 1.807) is 13.8 Å². The van der Waals surface area contributed by atoms with Gasteiger partial charge in [0.1, 0.15) is 0 Å². The van der Waals surface area contributed by atoms with Crippen LogP contribution in [0.15, 0.2) is 0 Å². The Kier molecular flexibility index (Phi) is 3.67. The summed E-state index contributed by atoms with van der Waals surface area (Å²) >= 11 is 0. The number of nitrogens with two attached hydrogens (primary N) is 1. The van der Waals surface area contributed by atoms with Gasteiger partial charge in [0.05, 0.1) is 6.61 Å². The zero-order chi connectivity index (χ0) is 9.12. The van der Waals surface area contributed by atoms with E-state index in [1.807, 2.05) is 0 Å². The maximum Gasteiger partial charge on any atom is 0.469 e. The molecule has 0 aliphatic carbocycles. The van der Waals surface area contributed by atoms with Crippen molar-refractivity contribution in [2.75, 3.05) is 6.61 Å². The smallest absolute Gasteiger partial charge is 0.325 e. The van der Waals surface area contributed by atoms with Crippen molar-refractivity contribution in [3.05, 3.63) is 0 Å². The van der Waals surface area contributed by atoms with Gasteiger partial charge >= 0.3 is 7.82 Å². The third-order valence-corrected chi connectivity index (χ3v) is 1.52. The summed E-state index contributed by atoms with van der Waals surface area (Å²) in [4.78, 5) is 16.5. The van der Waals surface area contributed by atoms with Gasteiger partial charge in [0.2, 0.25) is 0 Å². The van der Waals surface area contributed by atoms with Crippen molar-refractivity contribution in [3.8, 4) is 0 Å². The highest BCUT2D eigenvalue weighted by Gasteiger charge is 2.16. The van der Waals surface area contributed by atoms with E-state index in [1.165, 1.54) is 0 Å². The van der Waals surface area contributed by atoms with Crippen molar-refractivity contribution >= 4 is 7.82 Å². The van der Waals surface area contributed by atoms with Crippen molar-refractivity contribution in [1.29, 1.82) is 0 Å². The van der Waals surface area contributed by atoms with E-state index < -0.39 is 13.4 Å². The summed E-state index contributed by atoms with van der Waals surface area (Å²) in [6.45, 7) is 3.50. The molecule has 5 nitrogen and oxygen atoms in total. The minimum absolute atomic E-state index is 0.0201. The SMILES string of the molecule is CC(C)(N)CCOP(=O)(O)O. The Morgan fingerprint density at radius 1 is 1.55 bits per heavy atom. The molecular formula is C5H14NO4P. The third-order valence-electron chi connectivity index (χ3n) is 1.01. The first kappa shape index (κ1) is 11.1. The lowest BCUT2D eigenvalue weighted by atomic mass is 10.0. The molecule has 0 unspecified atom stereocenters. The maximum atomic E-state index is 10.1. The summed E-state index contributed by atoms with van der Waals surface area (Å²) < 4.78 is 14.3. The first-order valence-corrected chi connectivity index (χ1v) is 4.73. The molecular weight excluding hydrogens is 169 g/mol. The van der Waals surface area contributed by atoms with Crippen LogP contribution in [0.1, 0.15) is 20.3 Å². The standard InChI is InChI=1S/C5H14NO4P/c1-5(2,6)3-4-10-11(7,8)9/h3-4,6H2,1-2H3,(H2,7,8,9). The maximum absolute atomic E-state index is 10.1. The summed E-state index contributed by atoms with van der Waals surface area (Å²) in [7, 11) is -4.31. The zero-order valence-electron chi connectivity index (χ0n) is 6.65. The average Bonchev–Trinajstić information content (AvgIpc) is 1.55. The van der Waals surface area contributed by atoms with E-state index in [0.29, 0.717) is 6.42 Å². The molecule has 0 saturated carbocycles. The van der Waals surface area contributed by atoms with Crippen LogP contribution in [0.4, 0.5) is 0 Å². The van der Waals surface area contributed by atoms with Crippen LogP contribution < -0.4 is 5.73 Å². The van der Waals surface area contributed by atoms with Gasteiger partial charge in [0.15, 0.2) is 0 Å². The van der Waals surface area contributed by atoms with Crippen LogP contribution in [0, 0.1) is 0 Å². The molecule has 0 aromatic rings. The van der Waals surface area contributed by atoms with Gasteiger partial charge in [-0.25, -0.2) is 4.57 Å². The Balaban J connectivity index is 3.52. The molecule has 0 spiro atoms. The number of phosphoric ester groups is 1. The van der Waals surface area contributed by atoms with Gasteiger partial charge in [-0.1, -0.05) is 0 Å². The number of phosphoric acid groups is 1. The first-order chi connectivity index (χ1) is 4.71. The van der Waals surface area contributed by atoms with Gasteiger partial charge in [-0.15, -0.1) is 0 Å². The molecule has 6 heteroatoms. The van der Waals surface area contributed by atoms with Crippen molar-refractivity contribution in [2.24, 2.45) is 5.73 Å². The predicted molar refractivity (Wildman–Crippen MR) is 40.9 cm³/mol. The fourth-order valence-electron chi connectivity index (χ4n) is 0.428. The second-order valence-electron chi connectivity index (χ2n) is 3.06. The fourth-order valence-corrected chi connectivity index (χ4v) is 0.757. The zero-order valence-corrected chi connectivity index (χ0v) is 7.54. The van der Waals surface area contributed by atoms with E-state index in [0.717, 1.165) is 0 Å². The average molecular weight is 183 g/mol. The van der Waals surface area contributed by atoms with Gasteiger partial charge in [-0.3, -0.25) is 4.52 Å². The van der Waals surface area contributed by atoms with Gasteiger partial charge < -0.3 is 15.5 Å². The van der Waals surface area contributed by atoms with Gasteiger partial charge in [0.25, 0.3) is 0 Å². The van der Waals surface area contributed by atoms with E-state index in [9.17, 15) is 4.57 Å². The minimum atomic E-state index is -4.31. The highest BCUT2D eigenvalue weighted by atomic mass is 31.2. The lowest BCUT2D eigenvalue weighted by Gasteiger charge is -2.17. The Morgan fingerprint density at radius 2 is 2.00 bits per heavy atom. The van der Waals surface area contributed by atoms with Crippen LogP contribution in [-0.2, 0) is 9.09 Å². The van der Waals surface area contributed by atoms with Crippen molar-refractivity contribution < 1.29 is 18.9 Å². The van der Waals surface area contributed by atoms with Crippen LogP contribution in [0.2, 0.25) is 0 Å². The molecule has 0 saturated heterocycles. The van der Waals surface area contributed by atoms with Crippen LogP contribution >= 0.6 is 7.82 Å². The van der Waals surface area contributed by atoms with Crippen molar-refractivity contribution in [1.82, 2.24) is 0 Å². The van der Waals surface area contributed by atoms with Crippen LogP contribution in [0.5, 0.6) is 0 Å². The topological polar surface area (TPSA) is 92.8 Å². The molecule has 0 aliphatic heterocycles. The Labute approximate surface area is 65.8 Å². The summed E-state index contributed by atoms with van der Waals surface area (Å²) in [5.41, 5.74) is 5.08. The summed E-state index contributed by atoms with van der Waals surface area (Å²) in [5, 5.41) is 0. The second kappa shape index (κ2) is 3.65. The van der Waals surface area contributed by atoms with Crippen LogP contribution in [-0.4, -0.2) is 21.9 Å². The Bertz CT molecular complexity index is 158. The first-order valence-electron chi connectivity index (χ1n) is 3.20. The van der Waals surface area contributed by atoms with Crippen LogP contribution in [0.3, 0.4) is 0 Å². The van der Waals surface area contributed by atoms with Crippen molar-refractivity contribution in [3.63, 3.8) is 0 Å². The lowest BCUT2D eigenvalue weighted by molar-refractivity contribution is 0.183. The van der Waals surface area contributed by atoms with E-state index >= 15 is 0 Å². The molecule has 0 atom stereocenters. The quantitative estimate of drug-likeness (QED) is 0.542. The number of hydrogen-bond donors (Lipinski definition) is 3. The normalized spacial score (nSPS) is 13.5. The van der Waals surface area contributed by atoms with Crippen LogP contribution in [0.25, 0.3) is 0 Å². The molecule has 0 bridgehead atoms. The lowest BCUT2D eigenvalue weighted by Crippen LogP contribution is -2.33. The number of hydrogen-bond acceptors (Lipinski definition) is 3. The Morgan fingerprint density at radius 3 is 2.27 bits per heavy atom. The molecule has 4 N–H and O–H groups in total. The van der Waals surface area contributed by atoms with E-state index in [2.05, 4.69) is 4.52 Å². The van der Waals surface area contributed by atoms with E-state index in [4.69, 9.17) is 15.5 Å². The molecule has 0 fully saturated rings. The molecule has 0 aliphatic rings. The Hall–Kier alpha value is 0.0700. The summed E-state index contributed by atoms with van der Waals surface area (Å²) in [6.07, 6.45) is 0.415. The third kappa shape index (κ3) is 10.1. The fraction of sp³-hybridized carbons (Fsp3) is 1.00. The summed E-state index contributed by atoms with van der Waals surface area (Å²) in [6, 6.07) is 0. The van der Waals surface area contributed by atoms with Gasteiger partial charge in [0, 0.05) is 5.54 Å². The monoisotopic (exact) mass is 183 g/mol. The minimum Gasteiger partial charge on any atom is -0.325 e. The summed E-state index contributed by atoms with van der Waals surface area (Å²) in [5.74, 6) is 0. The molecule has 0 rings (SSSR count). The van der Waals surface area contributed by atoms with Gasteiger partial charge in [-0.05, 0) is 20.3 Å². The molecule has 0 heterocycles. The highest BCUT2D eigenvalue weighted by Crippen LogP contribution is 2.35. The largest absolute Gasteiger partial charge is 0.469 e. The molecule has 0 amide bonds. The second-order valence-corrected chi connectivity index (χ2v) is 4.30. The number of rotatable bonds is 4. The molecule has 0 aromatic heterocycles. The molecule has 0 radical (unpaired) electrons. The van der Waals surface area contributed by atoms with E-state index in [-0.39, 0.29) is 6.61 Å². The molecule has 0 aromatic carbocycles. The molecule has 68 valence electrons. The highest BCUT2D eigenvalue weighted by molar-refractivity contribution is 7.46. The molecule has 11 heavy (non-hydrogen) atoms.